The highest BCUT2D eigenvalue weighted by molar-refractivity contribution is 5.67. The molecule has 0 rings (SSSR count). The summed E-state index contributed by atoms with van der Waals surface area (Å²) in [7, 11) is 0. The molecular weight excluding hydrogens is 314 g/mol. The lowest BCUT2D eigenvalue weighted by Gasteiger charge is -2.23. The molecule has 0 aliphatic rings. The highest BCUT2D eigenvalue weighted by Crippen LogP contribution is 2.09. The van der Waals surface area contributed by atoms with Crippen LogP contribution in [0.3, 0.4) is 0 Å². The molecule has 0 saturated heterocycles. The van der Waals surface area contributed by atoms with E-state index in [1.54, 1.807) is 6.08 Å². The summed E-state index contributed by atoms with van der Waals surface area (Å²) in [6, 6.07) is 0.279. The Bertz CT molecular complexity index is 414. The van der Waals surface area contributed by atoms with Gasteiger partial charge in [0.05, 0.1) is 0 Å². The van der Waals surface area contributed by atoms with E-state index < -0.39 is 5.60 Å². The number of rotatable bonds is 12. The predicted octanol–water partition coefficient (Wildman–Crippen LogP) is 3.90. The zero-order chi connectivity index (χ0) is 19.3. The second-order valence-corrected chi connectivity index (χ2v) is 7.44. The number of nitrogens with two attached hydrogens (primary N) is 1. The highest BCUT2D eigenvalue weighted by Gasteiger charge is 2.16. The molecule has 2 atom stereocenters. The predicted molar refractivity (Wildman–Crippen MR) is 107 cm³/mol. The topological polar surface area (TPSA) is 76.4 Å². The number of allylic oxidation sites excluding steroid dienone is 2. The van der Waals surface area contributed by atoms with Gasteiger partial charge in [-0.1, -0.05) is 44.1 Å². The van der Waals surface area contributed by atoms with E-state index >= 15 is 0 Å². The molecule has 0 aromatic heterocycles. The summed E-state index contributed by atoms with van der Waals surface area (Å²) in [4.78, 5) is 11.5. The molecule has 5 heteroatoms. The Labute approximate surface area is 154 Å². The molecule has 146 valence electrons. The molecule has 4 N–H and O–H groups in total. The maximum absolute atomic E-state index is 11.5. The zero-order valence-electron chi connectivity index (χ0n) is 16.9. The second kappa shape index (κ2) is 13.0. The smallest absolute Gasteiger partial charge is 0.407 e. The summed E-state index contributed by atoms with van der Waals surface area (Å²) in [6.07, 6.45) is 8.73. The fourth-order valence-corrected chi connectivity index (χ4v) is 2.50. The van der Waals surface area contributed by atoms with E-state index in [0.717, 1.165) is 38.6 Å². The minimum atomic E-state index is -0.439. The van der Waals surface area contributed by atoms with E-state index in [0.29, 0.717) is 6.54 Å². The van der Waals surface area contributed by atoms with Crippen molar-refractivity contribution in [1.82, 2.24) is 10.6 Å². The molecule has 0 unspecified atom stereocenters. The van der Waals surface area contributed by atoms with Gasteiger partial charge < -0.3 is 21.1 Å². The quantitative estimate of drug-likeness (QED) is 0.367. The van der Waals surface area contributed by atoms with E-state index in [1.165, 1.54) is 5.57 Å². The van der Waals surface area contributed by atoms with Crippen LogP contribution in [0.15, 0.2) is 24.3 Å². The first-order valence-corrected chi connectivity index (χ1v) is 9.48. The van der Waals surface area contributed by atoms with Crippen LogP contribution in [0.5, 0.6) is 0 Å². The van der Waals surface area contributed by atoms with Gasteiger partial charge in [0.2, 0.25) is 0 Å². The first-order valence-electron chi connectivity index (χ1n) is 9.48. The van der Waals surface area contributed by atoms with Gasteiger partial charge in [-0.15, -0.1) is 0 Å². The van der Waals surface area contributed by atoms with Gasteiger partial charge >= 0.3 is 6.09 Å². The van der Waals surface area contributed by atoms with Crippen LogP contribution >= 0.6 is 0 Å². The maximum atomic E-state index is 11.5. The Morgan fingerprint density at radius 3 is 2.32 bits per heavy atom. The van der Waals surface area contributed by atoms with Crippen molar-refractivity contribution in [2.24, 2.45) is 5.73 Å². The summed E-state index contributed by atoms with van der Waals surface area (Å²) in [5.41, 5.74) is 7.07. The third kappa shape index (κ3) is 12.7. The van der Waals surface area contributed by atoms with Crippen molar-refractivity contribution >= 4 is 6.09 Å². The molecule has 0 aromatic rings. The number of hydrogen-bond acceptors (Lipinski definition) is 4. The molecule has 0 saturated carbocycles. The molecule has 0 spiro atoms. The Morgan fingerprint density at radius 2 is 1.80 bits per heavy atom. The second-order valence-electron chi connectivity index (χ2n) is 7.44. The molecule has 0 heterocycles. The molecule has 25 heavy (non-hydrogen) atoms. The van der Waals surface area contributed by atoms with Crippen molar-refractivity contribution in [2.75, 3.05) is 13.1 Å². The minimum Gasteiger partial charge on any atom is -0.444 e. The number of ether oxygens (including phenoxy) is 1. The van der Waals surface area contributed by atoms with Crippen LogP contribution in [0.1, 0.15) is 66.7 Å². The SMILES string of the molecule is C=CC=C(CC)[C@@H](N)[C@H](C)NCCCCCCNC(=O)OC(C)(C)C. The zero-order valence-corrected chi connectivity index (χ0v) is 16.9. The lowest BCUT2D eigenvalue weighted by Crippen LogP contribution is -2.44. The number of nitrogens with one attached hydrogen (secondary N) is 2. The maximum Gasteiger partial charge on any atom is 0.407 e. The number of carbonyl (C=O) groups excluding carboxylic acids is 1. The van der Waals surface area contributed by atoms with E-state index in [2.05, 4.69) is 31.1 Å². The molecule has 0 aromatic carbocycles. The van der Waals surface area contributed by atoms with Crippen LogP contribution in [0.25, 0.3) is 0 Å². The first kappa shape index (κ1) is 23.7. The monoisotopic (exact) mass is 353 g/mol. The van der Waals surface area contributed by atoms with Crippen molar-refractivity contribution in [1.29, 1.82) is 0 Å². The van der Waals surface area contributed by atoms with Crippen LogP contribution in [-0.2, 0) is 4.74 Å². The Hall–Kier alpha value is -1.33. The molecule has 1 amide bonds. The van der Waals surface area contributed by atoms with E-state index in [1.807, 2.05) is 26.8 Å². The van der Waals surface area contributed by atoms with Gasteiger partial charge in [0, 0.05) is 18.6 Å². The van der Waals surface area contributed by atoms with Crippen LogP contribution < -0.4 is 16.4 Å². The van der Waals surface area contributed by atoms with Crippen LogP contribution in [0, 0.1) is 0 Å². The van der Waals surface area contributed by atoms with Gasteiger partial charge in [0.1, 0.15) is 5.60 Å². The molecule has 0 aliphatic carbocycles. The normalized spacial score (nSPS) is 14.7. The average Bonchev–Trinajstić information content (AvgIpc) is 2.52. The Balaban J connectivity index is 3.71. The minimum absolute atomic E-state index is 0.0287. The van der Waals surface area contributed by atoms with Crippen LogP contribution in [-0.4, -0.2) is 36.9 Å². The number of amides is 1. The van der Waals surface area contributed by atoms with E-state index in [-0.39, 0.29) is 18.2 Å². The van der Waals surface area contributed by atoms with E-state index in [4.69, 9.17) is 10.5 Å². The highest BCUT2D eigenvalue weighted by atomic mass is 16.6. The number of carbonyl (C=O) groups is 1. The van der Waals surface area contributed by atoms with Crippen molar-refractivity contribution < 1.29 is 9.53 Å². The fraction of sp³-hybridized carbons (Fsp3) is 0.750. The average molecular weight is 354 g/mol. The molecule has 0 fully saturated rings. The number of unbranched alkanes of at least 4 members (excludes halogenated alkanes) is 3. The molecule has 0 bridgehead atoms. The van der Waals surface area contributed by atoms with Crippen molar-refractivity contribution in [3.63, 3.8) is 0 Å². The summed E-state index contributed by atoms with van der Waals surface area (Å²) in [5.74, 6) is 0. The standard InChI is InChI=1S/C20H39N3O2/c1-7-13-17(8-2)18(21)16(3)22-14-11-9-10-12-15-23-19(24)25-20(4,5)6/h7,13,16,18,22H,1,8-12,14-15,21H2,2-6H3,(H,23,24)/t16-,18-/m0/s1. The molecule has 5 nitrogen and oxygen atoms in total. The lowest BCUT2D eigenvalue weighted by atomic mass is 9.98. The van der Waals surface area contributed by atoms with Gasteiger partial charge in [-0.25, -0.2) is 4.79 Å². The third-order valence-electron chi connectivity index (χ3n) is 3.95. The van der Waals surface area contributed by atoms with Crippen LogP contribution in [0.4, 0.5) is 4.79 Å². The first-order chi connectivity index (χ1) is 11.7. The number of alkyl carbamates (subject to hydrolysis) is 1. The lowest BCUT2D eigenvalue weighted by molar-refractivity contribution is 0.0527. The molecular formula is C20H39N3O2. The Kier molecular flexibility index (Phi) is 12.3. The largest absolute Gasteiger partial charge is 0.444 e. The third-order valence-corrected chi connectivity index (χ3v) is 3.95. The Morgan fingerprint density at radius 1 is 1.20 bits per heavy atom. The number of hydrogen-bond donors (Lipinski definition) is 3. The summed E-state index contributed by atoms with van der Waals surface area (Å²) in [6.45, 7) is 15.2. The summed E-state index contributed by atoms with van der Waals surface area (Å²) >= 11 is 0. The molecule has 0 radical (unpaired) electrons. The summed E-state index contributed by atoms with van der Waals surface area (Å²) in [5, 5.41) is 6.29. The van der Waals surface area contributed by atoms with Gasteiger partial charge in [0.25, 0.3) is 0 Å². The van der Waals surface area contributed by atoms with Crippen LogP contribution in [0.2, 0.25) is 0 Å². The van der Waals surface area contributed by atoms with Crippen molar-refractivity contribution in [3.8, 4) is 0 Å². The van der Waals surface area contributed by atoms with E-state index in [9.17, 15) is 4.79 Å². The van der Waals surface area contributed by atoms with Gasteiger partial charge in [0.15, 0.2) is 0 Å². The van der Waals surface area contributed by atoms with Gasteiger partial charge in [-0.05, 0) is 53.5 Å². The fourth-order valence-electron chi connectivity index (χ4n) is 2.50. The van der Waals surface area contributed by atoms with Crippen molar-refractivity contribution in [2.45, 2.75) is 84.4 Å². The summed E-state index contributed by atoms with van der Waals surface area (Å²) < 4.78 is 5.19. The van der Waals surface area contributed by atoms with Gasteiger partial charge in [-0.3, -0.25) is 0 Å². The van der Waals surface area contributed by atoms with Gasteiger partial charge in [-0.2, -0.15) is 0 Å². The van der Waals surface area contributed by atoms with Crippen molar-refractivity contribution in [3.05, 3.63) is 24.3 Å². The molecule has 0 aliphatic heterocycles.